The molecular weight excluding hydrogens is 266 g/mol. The molecule has 0 aromatic heterocycles. The summed E-state index contributed by atoms with van der Waals surface area (Å²) in [6, 6.07) is 0.324. The van der Waals surface area contributed by atoms with E-state index < -0.39 is 0 Å². The maximum absolute atomic E-state index is 11.0. The lowest BCUT2D eigenvalue weighted by atomic mass is 10.1. The van der Waals surface area contributed by atoms with Gasteiger partial charge in [-0.05, 0) is 25.7 Å². The minimum atomic E-state index is 0.0596. The highest BCUT2D eigenvalue weighted by Gasteiger charge is 2.19. The van der Waals surface area contributed by atoms with Crippen LogP contribution in [-0.2, 0) is 9.63 Å². The lowest BCUT2D eigenvalue weighted by molar-refractivity contribution is -0.120. The summed E-state index contributed by atoms with van der Waals surface area (Å²) in [6.07, 6.45) is 2.00. The summed E-state index contributed by atoms with van der Waals surface area (Å²) in [5.41, 5.74) is 0.793. The van der Waals surface area contributed by atoms with Crippen molar-refractivity contribution >= 4 is 11.6 Å². The molecule has 0 radical (unpaired) electrons. The normalized spacial score (nSPS) is 17.3. The van der Waals surface area contributed by atoms with Gasteiger partial charge >= 0.3 is 0 Å². The summed E-state index contributed by atoms with van der Waals surface area (Å²) < 4.78 is 0. The third-order valence-corrected chi connectivity index (χ3v) is 3.46. The lowest BCUT2D eigenvalue weighted by Gasteiger charge is -2.31. The van der Waals surface area contributed by atoms with Gasteiger partial charge in [0, 0.05) is 38.5 Å². The Balaban J connectivity index is 2.23. The minimum Gasteiger partial charge on any atom is -0.394 e. The summed E-state index contributed by atoms with van der Waals surface area (Å²) >= 11 is 0. The molecular formula is C16H27N3O2. The van der Waals surface area contributed by atoms with Crippen molar-refractivity contribution in [1.29, 1.82) is 0 Å². The van der Waals surface area contributed by atoms with Gasteiger partial charge in [0.2, 0.25) is 5.91 Å². The Hall–Kier alpha value is -1.54. The quantitative estimate of drug-likeness (QED) is 0.350. The Morgan fingerprint density at radius 2 is 2.10 bits per heavy atom. The molecule has 1 rings (SSSR count). The SMILES string of the molecule is CC#C/C(=N\OCCN1CCC(NC(C)=O)CC1)C(C)C. The van der Waals surface area contributed by atoms with Gasteiger partial charge in [0.25, 0.3) is 0 Å². The maximum atomic E-state index is 11.0. The van der Waals surface area contributed by atoms with Crippen LogP contribution in [0.5, 0.6) is 0 Å². The molecule has 118 valence electrons. The van der Waals surface area contributed by atoms with Crippen LogP contribution in [0.1, 0.15) is 40.5 Å². The molecule has 0 aliphatic carbocycles. The first-order valence-electron chi connectivity index (χ1n) is 7.65. The third-order valence-electron chi connectivity index (χ3n) is 3.46. The first-order chi connectivity index (χ1) is 10.0. The zero-order valence-corrected chi connectivity index (χ0v) is 13.6. The van der Waals surface area contributed by atoms with Gasteiger partial charge in [-0.25, -0.2) is 0 Å². The molecule has 5 heteroatoms. The Labute approximate surface area is 128 Å². The number of carbonyl (C=O) groups excluding carboxylic acids is 1. The standard InChI is InChI=1S/C16H27N3O2/c1-5-6-16(13(2)3)18-21-12-11-19-9-7-15(8-10-19)17-14(4)20/h13,15H,7-12H2,1-4H3,(H,17,20)/b18-16+. The van der Waals surface area contributed by atoms with Crippen molar-refractivity contribution in [2.75, 3.05) is 26.2 Å². The van der Waals surface area contributed by atoms with E-state index in [-0.39, 0.29) is 11.8 Å². The topological polar surface area (TPSA) is 53.9 Å². The Kier molecular flexibility index (Phi) is 7.84. The second-order valence-electron chi connectivity index (χ2n) is 5.66. The zero-order chi connectivity index (χ0) is 15.7. The van der Waals surface area contributed by atoms with E-state index in [0.717, 1.165) is 38.2 Å². The van der Waals surface area contributed by atoms with Crippen molar-refractivity contribution in [1.82, 2.24) is 10.2 Å². The van der Waals surface area contributed by atoms with Crippen molar-refractivity contribution in [2.24, 2.45) is 11.1 Å². The Morgan fingerprint density at radius 1 is 1.43 bits per heavy atom. The second kappa shape index (κ2) is 9.41. The molecule has 1 fully saturated rings. The smallest absolute Gasteiger partial charge is 0.217 e. The number of likely N-dealkylation sites (tertiary alicyclic amines) is 1. The number of nitrogens with zero attached hydrogens (tertiary/aromatic N) is 2. The summed E-state index contributed by atoms with van der Waals surface area (Å²) in [6.45, 7) is 10.9. The number of rotatable bonds is 6. The van der Waals surface area contributed by atoms with E-state index in [2.05, 4.69) is 41.1 Å². The molecule has 1 N–H and O–H groups in total. The molecule has 0 aromatic rings. The molecule has 1 heterocycles. The fourth-order valence-corrected chi connectivity index (χ4v) is 2.27. The molecule has 0 aromatic carbocycles. The van der Waals surface area contributed by atoms with E-state index in [1.165, 1.54) is 0 Å². The molecule has 1 aliphatic rings. The van der Waals surface area contributed by atoms with Gasteiger partial charge in [0.1, 0.15) is 12.3 Å². The molecule has 0 atom stereocenters. The van der Waals surface area contributed by atoms with Crippen LogP contribution in [0.25, 0.3) is 0 Å². The second-order valence-corrected chi connectivity index (χ2v) is 5.66. The van der Waals surface area contributed by atoms with Crippen molar-refractivity contribution < 1.29 is 9.63 Å². The van der Waals surface area contributed by atoms with Crippen LogP contribution in [0.3, 0.4) is 0 Å². The fraction of sp³-hybridized carbons (Fsp3) is 0.750. The summed E-state index contributed by atoms with van der Waals surface area (Å²) in [4.78, 5) is 18.7. The van der Waals surface area contributed by atoms with E-state index in [0.29, 0.717) is 12.6 Å². The average Bonchev–Trinajstić information content (AvgIpc) is 2.43. The third kappa shape index (κ3) is 7.14. The number of oxime groups is 1. The monoisotopic (exact) mass is 293 g/mol. The van der Waals surface area contributed by atoms with E-state index in [1.807, 2.05) is 0 Å². The molecule has 5 nitrogen and oxygen atoms in total. The zero-order valence-electron chi connectivity index (χ0n) is 13.6. The summed E-state index contributed by atoms with van der Waals surface area (Å²) in [7, 11) is 0. The molecule has 1 amide bonds. The van der Waals surface area contributed by atoms with Crippen LogP contribution in [0.15, 0.2) is 5.16 Å². The predicted octanol–water partition coefficient (Wildman–Crippen LogP) is 1.64. The van der Waals surface area contributed by atoms with Crippen LogP contribution in [0, 0.1) is 17.8 Å². The van der Waals surface area contributed by atoms with E-state index in [9.17, 15) is 4.79 Å². The first-order valence-corrected chi connectivity index (χ1v) is 7.65. The van der Waals surface area contributed by atoms with Crippen LogP contribution in [0.2, 0.25) is 0 Å². The maximum Gasteiger partial charge on any atom is 0.217 e. The van der Waals surface area contributed by atoms with E-state index in [1.54, 1.807) is 13.8 Å². The van der Waals surface area contributed by atoms with Crippen LogP contribution in [-0.4, -0.2) is 48.8 Å². The van der Waals surface area contributed by atoms with Crippen LogP contribution < -0.4 is 5.32 Å². The number of carbonyl (C=O) groups is 1. The molecule has 0 unspecified atom stereocenters. The largest absolute Gasteiger partial charge is 0.394 e. The molecule has 1 saturated heterocycles. The highest BCUT2D eigenvalue weighted by Crippen LogP contribution is 2.09. The number of amides is 1. The fourth-order valence-electron chi connectivity index (χ4n) is 2.27. The molecule has 0 spiro atoms. The van der Waals surface area contributed by atoms with E-state index >= 15 is 0 Å². The number of hydrogen-bond acceptors (Lipinski definition) is 4. The molecule has 0 saturated carbocycles. The minimum absolute atomic E-state index is 0.0596. The van der Waals surface area contributed by atoms with E-state index in [4.69, 9.17) is 4.84 Å². The Morgan fingerprint density at radius 3 is 2.62 bits per heavy atom. The van der Waals surface area contributed by atoms with Gasteiger partial charge < -0.3 is 10.2 Å². The van der Waals surface area contributed by atoms with Crippen molar-refractivity contribution in [3.05, 3.63) is 0 Å². The highest BCUT2D eigenvalue weighted by atomic mass is 16.6. The number of piperidine rings is 1. The van der Waals surface area contributed by atoms with Crippen molar-refractivity contribution in [2.45, 2.75) is 46.6 Å². The summed E-state index contributed by atoms with van der Waals surface area (Å²) in [5.74, 6) is 6.16. The Bertz CT molecular complexity index is 413. The highest BCUT2D eigenvalue weighted by molar-refractivity contribution is 6.01. The van der Waals surface area contributed by atoms with Crippen LogP contribution >= 0.6 is 0 Å². The number of nitrogens with one attached hydrogen (secondary N) is 1. The van der Waals surface area contributed by atoms with Gasteiger partial charge in [-0.3, -0.25) is 9.69 Å². The van der Waals surface area contributed by atoms with Crippen LogP contribution in [0.4, 0.5) is 0 Å². The summed E-state index contributed by atoms with van der Waals surface area (Å²) in [5, 5.41) is 7.09. The van der Waals surface area contributed by atoms with Gasteiger partial charge in [-0.1, -0.05) is 24.9 Å². The molecule has 21 heavy (non-hydrogen) atoms. The van der Waals surface area contributed by atoms with Gasteiger partial charge in [0.15, 0.2) is 0 Å². The van der Waals surface area contributed by atoms with Gasteiger partial charge in [-0.15, -0.1) is 0 Å². The predicted molar refractivity (Wildman–Crippen MR) is 85.0 cm³/mol. The first kappa shape index (κ1) is 17.5. The molecule has 1 aliphatic heterocycles. The lowest BCUT2D eigenvalue weighted by Crippen LogP contribution is -2.44. The van der Waals surface area contributed by atoms with Gasteiger partial charge in [0.05, 0.1) is 0 Å². The number of hydrogen-bond donors (Lipinski definition) is 1. The molecule has 0 bridgehead atoms. The van der Waals surface area contributed by atoms with Gasteiger partial charge in [-0.2, -0.15) is 0 Å². The average molecular weight is 293 g/mol. The van der Waals surface area contributed by atoms with Crippen molar-refractivity contribution in [3.63, 3.8) is 0 Å². The van der Waals surface area contributed by atoms with Crippen molar-refractivity contribution in [3.8, 4) is 11.8 Å².